The molecule has 7 nitrogen and oxygen atoms in total. The number of carbonyl (C=O) groups excluding carboxylic acids is 1. The summed E-state index contributed by atoms with van der Waals surface area (Å²) >= 11 is 0. The maximum Gasteiger partial charge on any atom is 0.255 e. The lowest BCUT2D eigenvalue weighted by Crippen LogP contribution is -2.12. The van der Waals surface area contributed by atoms with Gasteiger partial charge in [-0.2, -0.15) is 15.6 Å². The van der Waals surface area contributed by atoms with Gasteiger partial charge in [0.15, 0.2) is 0 Å². The number of hydrogen-bond acceptors (Lipinski definition) is 6. The van der Waals surface area contributed by atoms with E-state index in [0.717, 1.165) is 0 Å². The first-order valence-electron chi connectivity index (χ1n) is 6.85. The summed E-state index contributed by atoms with van der Waals surface area (Å²) in [5.41, 5.74) is 3.75. The number of benzene rings is 2. The molecular weight excluding hydrogens is 306 g/mol. The van der Waals surface area contributed by atoms with E-state index in [2.05, 4.69) is 15.8 Å². The number of anilines is 2. The van der Waals surface area contributed by atoms with Crippen LogP contribution in [0.3, 0.4) is 0 Å². The van der Waals surface area contributed by atoms with E-state index in [1.807, 2.05) is 0 Å². The number of hydrogen-bond donors (Lipinski definition) is 2. The number of nitrogens with zero attached hydrogens (tertiary/aromatic N) is 3. The number of carbonyl (C=O) groups is 1. The van der Waals surface area contributed by atoms with Crippen molar-refractivity contribution in [3.8, 4) is 17.9 Å². The summed E-state index contributed by atoms with van der Waals surface area (Å²) in [5, 5.41) is 23.7. The Bertz CT molecular complexity index is 846. The zero-order valence-corrected chi connectivity index (χ0v) is 12.8. The Hall–Kier alpha value is -3.84. The molecule has 2 aromatic rings. The number of nitriles is 2. The third-order valence-corrected chi connectivity index (χ3v) is 2.96. The second-order valence-corrected chi connectivity index (χ2v) is 4.56. The maximum atomic E-state index is 12.3. The van der Waals surface area contributed by atoms with Crippen molar-refractivity contribution in [2.24, 2.45) is 5.10 Å². The molecule has 0 saturated heterocycles. The number of nitrogens with one attached hydrogen (secondary N) is 2. The van der Waals surface area contributed by atoms with Gasteiger partial charge in [0.05, 0.1) is 12.8 Å². The van der Waals surface area contributed by atoms with Crippen molar-refractivity contribution in [3.63, 3.8) is 0 Å². The van der Waals surface area contributed by atoms with Crippen LogP contribution in [0.1, 0.15) is 10.4 Å². The number of rotatable bonds is 5. The second kappa shape index (κ2) is 7.97. The van der Waals surface area contributed by atoms with Gasteiger partial charge in [-0.3, -0.25) is 10.2 Å². The number of methoxy groups -OCH3 is 1. The molecule has 0 unspecified atom stereocenters. The molecule has 0 aromatic heterocycles. The molecular formula is C17H13N5O2. The summed E-state index contributed by atoms with van der Waals surface area (Å²) in [6.07, 6.45) is 0. The minimum Gasteiger partial charge on any atom is -0.497 e. The summed E-state index contributed by atoms with van der Waals surface area (Å²) < 4.78 is 5.11. The van der Waals surface area contributed by atoms with Crippen molar-refractivity contribution in [2.75, 3.05) is 17.9 Å². The molecule has 0 radical (unpaired) electrons. The van der Waals surface area contributed by atoms with Crippen LogP contribution in [0.2, 0.25) is 0 Å². The third-order valence-electron chi connectivity index (χ3n) is 2.96. The molecule has 0 aliphatic heterocycles. The van der Waals surface area contributed by atoms with Gasteiger partial charge in [-0.05, 0) is 30.3 Å². The number of amides is 1. The Morgan fingerprint density at radius 2 is 1.79 bits per heavy atom. The first-order chi connectivity index (χ1) is 11.7. The van der Waals surface area contributed by atoms with Crippen molar-refractivity contribution < 1.29 is 9.53 Å². The second-order valence-electron chi connectivity index (χ2n) is 4.56. The number of ether oxygens (including phenoxy) is 1. The molecule has 2 rings (SSSR count). The van der Waals surface area contributed by atoms with Gasteiger partial charge in [0.25, 0.3) is 5.91 Å². The quantitative estimate of drug-likeness (QED) is 0.650. The van der Waals surface area contributed by atoms with E-state index < -0.39 is 0 Å². The normalized spacial score (nSPS) is 9.12. The fourth-order valence-corrected chi connectivity index (χ4v) is 1.83. The van der Waals surface area contributed by atoms with Crippen molar-refractivity contribution in [3.05, 3.63) is 54.1 Å². The van der Waals surface area contributed by atoms with Crippen molar-refractivity contribution in [2.45, 2.75) is 0 Å². The standard InChI is InChI=1S/C17H13N5O2/c1-24-16-7-3-5-13(9-16)20-17(23)12-4-2-6-14(8-12)21-22-15(10-18)11-19/h2-9,21H,1H3,(H,20,23). The van der Waals surface area contributed by atoms with Crippen LogP contribution in [0.4, 0.5) is 11.4 Å². The average molecular weight is 319 g/mol. The third kappa shape index (κ3) is 4.33. The molecule has 0 spiro atoms. The zero-order valence-electron chi connectivity index (χ0n) is 12.8. The fourth-order valence-electron chi connectivity index (χ4n) is 1.83. The van der Waals surface area contributed by atoms with Gasteiger partial charge >= 0.3 is 0 Å². The van der Waals surface area contributed by atoms with Gasteiger partial charge in [0, 0.05) is 17.3 Å². The van der Waals surface area contributed by atoms with Crippen molar-refractivity contribution >= 4 is 23.0 Å². The molecule has 118 valence electrons. The molecule has 0 atom stereocenters. The maximum absolute atomic E-state index is 12.3. The molecule has 0 fully saturated rings. The topological polar surface area (TPSA) is 110 Å². The molecule has 2 N–H and O–H groups in total. The van der Waals surface area contributed by atoms with Crippen LogP contribution in [0, 0.1) is 22.7 Å². The molecule has 2 aromatic carbocycles. The van der Waals surface area contributed by atoms with E-state index in [4.69, 9.17) is 15.3 Å². The Morgan fingerprint density at radius 3 is 2.50 bits per heavy atom. The van der Waals surface area contributed by atoms with E-state index in [-0.39, 0.29) is 11.6 Å². The molecule has 0 heterocycles. The SMILES string of the molecule is COc1cccc(NC(=O)c2cccc(NN=C(C#N)C#N)c2)c1. The van der Waals surface area contributed by atoms with Gasteiger partial charge in [-0.1, -0.05) is 12.1 Å². The van der Waals surface area contributed by atoms with Crippen LogP contribution in [0.15, 0.2) is 53.6 Å². The average Bonchev–Trinajstić information content (AvgIpc) is 2.63. The van der Waals surface area contributed by atoms with Crippen molar-refractivity contribution in [1.29, 1.82) is 10.5 Å². The molecule has 24 heavy (non-hydrogen) atoms. The molecule has 0 aliphatic carbocycles. The smallest absolute Gasteiger partial charge is 0.255 e. The lowest BCUT2D eigenvalue weighted by Gasteiger charge is -2.08. The summed E-state index contributed by atoms with van der Waals surface area (Å²) in [7, 11) is 1.55. The summed E-state index contributed by atoms with van der Waals surface area (Å²) in [6.45, 7) is 0. The van der Waals surface area contributed by atoms with Crippen LogP contribution >= 0.6 is 0 Å². The molecule has 0 aliphatic rings. The van der Waals surface area contributed by atoms with E-state index in [1.54, 1.807) is 67.8 Å². The van der Waals surface area contributed by atoms with Crippen LogP contribution in [0.25, 0.3) is 0 Å². The zero-order chi connectivity index (χ0) is 17.4. The summed E-state index contributed by atoms with van der Waals surface area (Å²) in [5.74, 6) is 0.328. The van der Waals surface area contributed by atoms with Gasteiger partial charge in [0.1, 0.15) is 17.9 Å². The lowest BCUT2D eigenvalue weighted by molar-refractivity contribution is 0.102. The first-order valence-corrected chi connectivity index (χ1v) is 6.85. The van der Waals surface area contributed by atoms with E-state index in [9.17, 15) is 4.79 Å². The van der Waals surface area contributed by atoms with E-state index in [1.165, 1.54) is 0 Å². The molecule has 0 bridgehead atoms. The van der Waals surface area contributed by atoms with Crippen LogP contribution in [0.5, 0.6) is 5.75 Å². The highest BCUT2D eigenvalue weighted by atomic mass is 16.5. The van der Waals surface area contributed by atoms with Crippen LogP contribution in [-0.2, 0) is 0 Å². The highest BCUT2D eigenvalue weighted by Gasteiger charge is 2.07. The highest BCUT2D eigenvalue weighted by Crippen LogP contribution is 2.18. The Balaban J connectivity index is 2.13. The number of hydrazone groups is 1. The minimum absolute atomic E-state index is 0.304. The Morgan fingerprint density at radius 1 is 1.08 bits per heavy atom. The predicted octanol–water partition coefficient (Wildman–Crippen LogP) is 2.76. The summed E-state index contributed by atoms with van der Waals surface area (Å²) in [4.78, 5) is 12.3. The Labute approximate surface area is 138 Å². The molecule has 0 saturated carbocycles. The Kier molecular flexibility index (Phi) is 5.49. The van der Waals surface area contributed by atoms with Crippen LogP contribution in [-0.4, -0.2) is 18.7 Å². The summed E-state index contributed by atoms with van der Waals surface area (Å²) in [6, 6.07) is 16.8. The van der Waals surface area contributed by atoms with Gasteiger partial charge < -0.3 is 10.1 Å². The monoisotopic (exact) mass is 319 g/mol. The minimum atomic E-state index is -0.309. The fraction of sp³-hybridized carbons (Fsp3) is 0.0588. The first kappa shape index (κ1) is 16.5. The lowest BCUT2D eigenvalue weighted by atomic mass is 10.2. The van der Waals surface area contributed by atoms with Gasteiger partial charge in [-0.25, -0.2) is 0 Å². The predicted molar refractivity (Wildman–Crippen MR) is 89.7 cm³/mol. The molecule has 1 amide bonds. The highest BCUT2D eigenvalue weighted by molar-refractivity contribution is 6.10. The van der Waals surface area contributed by atoms with Crippen LogP contribution < -0.4 is 15.5 Å². The van der Waals surface area contributed by atoms with Crippen molar-refractivity contribution in [1.82, 2.24) is 0 Å². The van der Waals surface area contributed by atoms with Gasteiger partial charge in [0.2, 0.25) is 5.71 Å². The van der Waals surface area contributed by atoms with E-state index in [0.29, 0.717) is 22.7 Å². The molecule has 7 heteroatoms. The van der Waals surface area contributed by atoms with Gasteiger partial charge in [-0.15, -0.1) is 0 Å². The largest absolute Gasteiger partial charge is 0.497 e. The van der Waals surface area contributed by atoms with E-state index >= 15 is 0 Å².